The van der Waals surface area contributed by atoms with Crippen LogP contribution < -0.4 is 5.32 Å². The Morgan fingerprint density at radius 3 is 2.20 bits per heavy atom. The highest BCUT2D eigenvalue weighted by Crippen LogP contribution is 2.13. The van der Waals surface area contributed by atoms with Gasteiger partial charge >= 0.3 is 5.97 Å². The number of benzene rings is 1. The van der Waals surface area contributed by atoms with Gasteiger partial charge in [-0.15, -0.1) is 0 Å². The molecule has 0 bridgehead atoms. The lowest BCUT2D eigenvalue weighted by molar-refractivity contribution is -0.142. The lowest BCUT2D eigenvalue weighted by Crippen LogP contribution is -2.33. The van der Waals surface area contributed by atoms with E-state index in [1.54, 1.807) is 42.7 Å². The second-order valence-electron chi connectivity index (χ2n) is 6.38. The molecule has 3 N–H and O–H groups in total. The fraction of sp³-hybridized carbons (Fsp3) is 0.316. The number of aromatic nitrogens is 1. The fourth-order valence-corrected chi connectivity index (χ4v) is 2.56. The van der Waals surface area contributed by atoms with Crippen LogP contribution in [0.15, 0.2) is 42.7 Å². The Morgan fingerprint density at radius 2 is 1.68 bits per heavy atom. The average Bonchev–Trinajstić information content (AvgIpc) is 3.11. The van der Waals surface area contributed by atoms with Gasteiger partial charge in [0.1, 0.15) is 0 Å². The van der Waals surface area contributed by atoms with E-state index in [0.29, 0.717) is 23.1 Å². The van der Waals surface area contributed by atoms with Crippen LogP contribution in [-0.2, 0) is 4.79 Å². The van der Waals surface area contributed by atoms with Gasteiger partial charge in [-0.25, -0.2) is 0 Å². The molecule has 0 saturated heterocycles. The van der Waals surface area contributed by atoms with Gasteiger partial charge in [0, 0.05) is 35.6 Å². The van der Waals surface area contributed by atoms with E-state index >= 15 is 0 Å². The van der Waals surface area contributed by atoms with Crippen LogP contribution >= 0.6 is 0 Å². The summed E-state index contributed by atoms with van der Waals surface area (Å²) in [6, 6.07) is 7.99. The van der Waals surface area contributed by atoms with Crippen LogP contribution in [0.5, 0.6) is 0 Å². The maximum absolute atomic E-state index is 12.2. The number of carboxylic acid groups (broad SMARTS) is 1. The monoisotopic (exact) mass is 342 g/mol. The fourth-order valence-electron chi connectivity index (χ4n) is 2.56. The molecule has 1 amide bonds. The predicted molar refractivity (Wildman–Crippen MR) is 93.6 cm³/mol. The number of aliphatic carboxylic acids is 1. The van der Waals surface area contributed by atoms with E-state index in [1.165, 1.54) is 0 Å². The zero-order chi connectivity index (χ0) is 18.4. The third-order valence-electron chi connectivity index (χ3n) is 3.88. The molecule has 0 aliphatic rings. The molecule has 0 saturated carbocycles. The van der Waals surface area contributed by atoms with E-state index in [0.717, 1.165) is 0 Å². The summed E-state index contributed by atoms with van der Waals surface area (Å²) in [6.45, 7) is 3.96. The topological polar surface area (TPSA) is 99.3 Å². The Balaban J connectivity index is 1.98. The molecule has 1 aromatic carbocycles. The van der Waals surface area contributed by atoms with Crippen molar-refractivity contribution in [2.45, 2.75) is 20.3 Å². The number of H-pyrrole nitrogens is 1. The first kappa shape index (κ1) is 18.4. The van der Waals surface area contributed by atoms with E-state index in [1.807, 2.05) is 13.8 Å². The molecule has 1 heterocycles. The van der Waals surface area contributed by atoms with Crippen LogP contribution in [0.4, 0.5) is 0 Å². The zero-order valence-corrected chi connectivity index (χ0v) is 14.3. The van der Waals surface area contributed by atoms with Crippen molar-refractivity contribution in [1.29, 1.82) is 0 Å². The maximum atomic E-state index is 12.2. The van der Waals surface area contributed by atoms with Crippen molar-refractivity contribution in [1.82, 2.24) is 10.3 Å². The third kappa shape index (κ3) is 5.04. The van der Waals surface area contributed by atoms with Crippen molar-refractivity contribution in [3.63, 3.8) is 0 Å². The molecule has 0 aliphatic carbocycles. The van der Waals surface area contributed by atoms with Gasteiger partial charge in [0.15, 0.2) is 5.78 Å². The molecule has 6 heteroatoms. The normalized spacial score (nSPS) is 12.0. The largest absolute Gasteiger partial charge is 0.481 e. The van der Waals surface area contributed by atoms with Gasteiger partial charge in [-0.1, -0.05) is 26.0 Å². The molecule has 25 heavy (non-hydrogen) atoms. The highest BCUT2D eigenvalue weighted by Gasteiger charge is 2.20. The molecule has 1 unspecified atom stereocenters. The number of carbonyl (C=O) groups excluding carboxylic acids is 2. The Bertz CT molecular complexity index is 733. The summed E-state index contributed by atoms with van der Waals surface area (Å²) in [5.74, 6) is -1.77. The first-order chi connectivity index (χ1) is 11.9. The predicted octanol–water partition coefficient (Wildman–Crippen LogP) is 2.72. The molecule has 0 radical (unpaired) electrons. The number of carboxylic acids is 1. The lowest BCUT2D eigenvalue weighted by atomic mass is 9.97. The molecule has 0 fully saturated rings. The SMILES string of the molecule is CC(C)CC(CNC(=O)c1ccc(C(=O)c2cc[nH]c2)cc1)C(=O)O. The summed E-state index contributed by atoms with van der Waals surface area (Å²) in [5, 5.41) is 11.9. The minimum Gasteiger partial charge on any atom is -0.481 e. The van der Waals surface area contributed by atoms with E-state index in [-0.39, 0.29) is 24.2 Å². The molecule has 0 aliphatic heterocycles. The molecule has 2 aromatic rings. The standard InChI is InChI=1S/C19H22N2O4/c1-12(2)9-16(19(24)25)11-21-18(23)14-5-3-13(4-6-14)17(22)15-7-8-20-10-15/h3-8,10,12,16,20H,9,11H2,1-2H3,(H,21,23)(H,24,25). The van der Waals surface area contributed by atoms with Crippen molar-refractivity contribution in [3.05, 3.63) is 59.4 Å². The first-order valence-electron chi connectivity index (χ1n) is 8.17. The van der Waals surface area contributed by atoms with Gasteiger partial charge in [0.05, 0.1) is 5.92 Å². The van der Waals surface area contributed by atoms with E-state index in [4.69, 9.17) is 0 Å². The van der Waals surface area contributed by atoms with E-state index in [9.17, 15) is 19.5 Å². The summed E-state index contributed by atoms with van der Waals surface area (Å²) < 4.78 is 0. The van der Waals surface area contributed by atoms with Crippen LogP contribution in [0.1, 0.15) is 46.5 Å². The second-order valence-corrected chi connectivity index (χ2v) is 6.38. The minimum atomic E-state index is -0.915. The Hall–Kier alpha value is -2.89. The van der Waals surface area contributed by atoms with Crippen molar-refractivity contribution in [3.8, 4) is 0 Å². The first-order valence-corrected chi connectivity index (χ1v) is 8.17. The maximum Gasteiger partial charge on any atom is 0.308 e. The van der Waals surface area contributed by atoms with Crippen molar-refractivity contribution in [2.75, 3.05) is 6.54 Å². The summed E-state index contributed by atoms with van der Waals surface area (Å²) in [7, 11) is 0. The summed E-state index contributed by atoms with van der Waals surface area (Å²) >= 11 is 0. The average molecular weight is 342 g/mol. The number of ketones is 1. The van der Waals surface area contributed by atoms with Crippen molar-refractivity contribution < 1.29 is 19.5 Å². The van der Waals surface area contributed by atoms with Crippen LogP contribution in [0.3, 0.4) is 0 Å². The number of carbonyl (C=O) groups is 3. The Morgan fingerprint density at radius 1 is 1.04 bits per heavy atom. The molecule has 1 atom stereocenters. The quantitative estimate of drug-likeness (QED) is 0.642. The third-order valence-corrected chi connectivity index (χ3v) is 3.88. The van der Waals surface area contributed by atoms with Crippen LogP contribution in [0, 0.1) is 11.8 Å². The molecule has 1 aromatic heterocycles. The van der Waals surface area contributed by atoms with Gasteiger partial charge < -0.3 is 15.4 Å². The van der Waals surface area contributed by atoms with Gasteiger partial charge in [-0.3, -0.25) is 14.4 Å². The van der Waals surface area contributed by atoms with Crippen LogP contribution in [-0.4, -0.2) is 34.3 Å². The van der Waals surface area contributed by atoms with Crippen LogP contribution in [0.25, 0.3) is 0 Å². The number of aromatic amines is 1. The zero-order valence-electron chi connectivity index (χ0n) is 14.3. The van der Waals surface area contributed by atoms with E-state index < -0.39 is 11.9 Å². The number of nitrogens with one attached hydrogen (secondary N) is 2. The van der Waals surface area contributed by atoms with Gasteiger partial charge in [0.25, 0.3) is 5.91 Å². The number of rotatable bonds is 8. The summed E-state index contributed by atoms with van der Waals surface area (Å²) in [5.41, 5.74) is 1.42. The molecule has 132 valence electrons. The Labute approximate surface area is 146 Å². The van der Waals surface area contributed by atoms with Crippen molar-refractivity contribution >= 4 is 17.7 Å². The lowest BCUT2D eigenvalue weighted by Gasteiger charge is -2.15. The van der Waals surface area contributed by atoms with Crippen molar-refractivity contribution in [2.24, 2.45) is 11.8 Å². The minimum absolute atomic E-state index is 0.0797. The molecule has 6 nitrogen and oxygen atoms in total. The van der Waals surface area contributed by atoms with E-state index in [2.05, 4.69) is 10.3 Å². The summed E-state index contributed by atoms with van der Waals surface area (Å²) in [6.07, 6.45) is 3.79. The molecule has 0 spiro atoms. The highest BCUT2D eigenvalue weighted by molar-refractivity contribution is 6.09. The van der Waals surface area contributed by atoms with Gasteiger partial charge in [-0.2, -0.15) is 0 Å². The highest BCUT2D eigenvalue weighted by atomic mass is 16.4. The molecular weight excluding hydrogens is 320 g/mol. The summed E-state index contributed by atoms with van der Waals surface area (Å²) in [4.78, 5) is 38.4. The number of amides is 1. The Kier molecular flexibility index (Phi) is 6.11. The second kappa shape index (κ2) is 8.28. The van der Waals surface area contributed by atoms with Gasteiger partial charge in [-0.05, 0) is 30.5 Å². The number of hydrogen-bond acceptors (Lipinski definition) is 3. The smallest absolute Gasteiger partial charge is 0.308 e. The molecular formula is C19H22N2O4. The molecule has 2 rings (SSSR count). The van der Waals surface area contributed by atoms with Crippen LogP contribution in [0.2, 0.25) is 0 Å². The number of hydrogen-bond donors (Lipinski definition) is 3. The van der Waals surface area contributed by atoms with Gasteiger partial charge in [0.2, 0.25) is 0 Å².